The van der Waals surface area contributed by atoms with Crippen LogP contribution >= 0.6 is 11.6 Å². The molecule has 2 rings (SSSR count). The summed E-state index contributed by atoms with van der Waals surface area (Å²) in [7, 11) is 0. The Balaban J connectivity index is 2.12. The van der Waals surface area contributed by atoms with E-state index in [1.807, 2.05) is 31.2 Å². The van der Waals surface area contributed by atoms with Gasteiger partial charge < -0.3 is 10.4 Å². The summed E-state index contributed by atoms with van der Waals surface area (Å²) in [5, 5.41) is 14.6. The first-order chi connectivity index (χ1) is 9.63. The zero-order valence-electron chi connectivity index (χ0n) is 11.4. The highest BCUT2D eigenvalue weighted by Crippen LogP contribution is 2.28. The maximum Gasteiger partial charge on any atom is 0.255 e. The minimum atomic E-state index is -0.270. The molecule has 106 valence electrons. The van der Waals surface area contributed by atoms with E-state index in [4.69, 9.17) is 11.6 Å². The fourth-order valence-corrected chi connectivity index (χ4v) is 2.19. The average Bonchev–Trinajstić information content (AvgIpc) is 2.47. The van der Waals surface area contributed by atoms with Crippen molar-refractivity contribution in [2.45, 2.75) is 25.1 Å². The number of rotatable bonds is 5. The number of aromatic hydroxyl groups is 1. The van der Waals surface area contributed by atoms with E-state index in [1.165, 1.54) is 0 Å². The highest BCUT2D eigenvalue weighted by Gasteiger charge is 2.13. The molecular formula is C16H18ClNO2. The van der Waals surface area contributed by atoms with E-state index in [9.17, 15) is 9.90 Å². The number of alkyl halides is 1. The summed E-state index contributed by atoms with van der Waals surface area (Å²) in [6, 6.07) is 10.9. The molecule has 0 fully saturated rings. The van der Waals surface area contributed by atoms with Crippen LogP contribution in [-0.2, 0) is 0 Å². The van der Waals surface area contributed by atoms with E-state index in [2.05, 4.69) is 5.32 Å². The molecule has 0 saturated heterocycles. The van der Waals surface area contributed by atoms with Gasteiger partial charge in [0.05, 0.1) is 5.56 Å². The van der Waals surface area contributed by atoms with Crippen LogP contribution in [0.15, 0.2) is 36.4 Å². The Kier molecular flexibility index (Phi) is 4.85. The normalized spacial score (nSPS) is 12.3. The lowest BCUT2D eigenvalue weighted by atomic mass is 10.0. The van der Waals surface area contributed by atoms with Gasteiger partial charge in [-0.15, -0.1) is 11.6 Å². The van der Waals surface area contributed by atoms with Gasteiger partial charge in [-0.05, 0) is 24.3 Å². The zero-order chi connectivity index (χ0) is 14.5. The molecule has 0 saturated carbocycles. The number of hydrogen-bond acceptors (Lipinski definition) is 2. The lowest BCUT2D eigenvalue weighted by molar-refractivity contribution is 0.0950. The van der Waals surface area contributed by atoms with Crippen LogP contribution in [0.5, 0.6) is 5.75 Å². The van der Waals surface area contributed by atoms with Crippen molar-refractivity contribution in [3.05, 3.63) is 42.0 Å². The standard InChI is InChI=1S/C16H18ClNO2/c1-2-12(17)9-10-18-16(20)14-8-7-11-5-3-4-6-13(11)15(14)19/h3-8,12,19H,2,9-10H2,1H3,(H,18,20). The first-order valence-electron chi connectivity index (χ1n) is 6.76. The molecule has 20 heavy (non-hydrogen) atoms. The smallest absolute Gasteiger partial charge is 0.255 e. The van der Waals surface area contributed by atoms with Gasteiger partial charge in [0, 0.05) is 17.3 Å². The molecule has 4 heteroatoms. The summed E-state index contributed by atoms with van der Waals surface area (Å²) in [5.74, 6) is -0.244. The minimum absolute atomic E-state index is 0.0264. The van der Waals surface area contributed by atoms with Crippen molar-refractivity contribution >= 4 is 28.3 Å². The SMILES string of the molecule is CCC(Cl)CCNC(=O)c1ccc2ccccc2c1O. The van der Waals surface area contributed by atoms with Crippen molar-refractivity contribution in [1.29, 1.82) is 0 Å². The molecule has 0 bridgehead atoms. The largest absolute Gasteiger partial charge is 0.506 e. The van der Waals surface area contributed by atoms with E-state index in [1.54, 1.807) is 12.1 Å². The maximum absolute atomic E-state index is 12.1. The highest BCUT2D eigenvalue weighted by molar-refractivity contribution is 6.20. The Morgan fingerprint density at radius 3 is 2.80 bits per heavy atom. The number of amides is 1. The van der Waals surface area contributed by atoms with Crippen molar-refractivity contribution in [1.82, 2.24) is 5.32 Å². The molecule has 0 aliphatic rings. The molecule has 1 unspecified atom stereocenters. The van der Waals surface area contributed by atoms with E-state index < -0.39 is 0 Å². The van der Waals surface area contributed by atoms with E-state index in [0.29, 0.717) is 17.5 Å². The Hall–Kier alpha value is -1.74. The molecule has 1 atom stereocenters. The predicted octanol–water partition coefficient (Wildman–Crippen LogP) is 3.68. The molecule has 0 spiro atoms. The van der Waals surface area contributed by atoms with Gasteiger partial charge >= 0.3 is 0 Å². The predicted molar refractivity (Wildman–Crippen MR) is 82.5 cm³/mol. The molecule has 0 radical (unpaired) electrons. The molecule has 0 aromatic heterocycles. The van der Waals surface area contributed by atoms with Crippen LogP contribution in [0.1, 0.15) is 30.1 Å². The highest BCUT2D eigenvalue weighted by atomic mass is 35.5. The number of phenols is 1. The molecule has 3 nitrogen and oxygen atoms in total. The van der Waals surface area contributed by atoms with Crippen LogP contribution < -0.4 is 5.32 Å². The topological polar surface area (TPSA) is 49.3 Å². The number of carbonyl (C=O) groups excluding carboxylic acids is 1. The summed E-state index contributed by atoms with van der Waals surface area (Å²) in [6.45, 7) is 2.52. The van der Waals surface area contributed by atoms with Crippen LogP contribution in [0.25, 0.3) is 10.8 Å². The Morgan fingerprint density at radius 1 is 1.30 bits per heavy atom. The fraction of sp³-hybridized carbons (Fsp3) is 0.312. The third kappa shape index (κ3) is 3.23. The van der Waals surface area contributed by atoms with Gasteiger partial charge in [0.2, 0.25) is 0 Å². The summed E-state index contributed by atoms with van der Waals surface area (Å²) >= 11 is 6.00. The number of carbonyl (C=O) groups is 1. The molecule has 2 N–H and O–H groups in total. The second-order valence-corrected chi connectivity index (χ2v) is 5.35. The number of phenolic OH excluding ortho intramolecular Hbond substituents is 1. The van der Waals surface area contributed by atoms with Crippen molar-refractivity contribution in [2.24, 2.45) is 0 Å². The van der Waals surface area contributed by atoms with Crippen molar-refractivity contribution in [3.8, 4) is 5.75 Å². The minimum Gasteiger partial charge on any atom is -0.506 e. The van der Waals surface area contributed by atoms with E-state index in [-0.39, 0.29) is 17.0 Å². The average molecular weight is 292 g/mol. The quantitative estimate of drug-likeness (QED) is 0.826. The van der Waals surface area contributed by atoms with Gasteiger partial charge in [-0.3, -0.25) is 4.79 Å². The van der Waals surface area contributed by atoms with Crippen molar-refractivity contribution < 1.29 is 9.90 Å². The van der Waals surface area contributed by atoms with Crippen LogP contribution in [0.3, 0.4) is 0 Å². The summed E-state index contributed by atoms with van der Waals surface area (Å²) in [5.41, 5.74) is 0.298. The third-order valence-corrected chi connectivity index (χ3v) is 3.86. The molecule has 0 aliphatic carbocycles. The number of nitrogens with one attached hydrogen (secondary N) is 1. The van der Waals surface area contributed by atoms with E-state index in [0.717, 1.165) is 18.2 Å². The van der Waals surface area contributed by atoms with Gasteiger partial charge in [-0.2, -0.15) is 0 Å². The monoisotopic (exact) mass is 291 g/mol. The third-order valence-electron chi connectivity index (χ3n) is 3.33. The number of hydrogen-bond donors (Lipinski definition) is 2. The summed E-state index contributed by atoms with van der Waals surface area (Å²) < 4.78 is 0. The van der Waals surface area contributed by atoms with Crippen LogP contribution in [-0.4, -0.2) is 22.9 Å². The van der Waals surface area contributed by atoms with Gasteiger partial charge in [0.1, 0.15) is 5.75 Å². The van der Waals surface area contributed by atoms with Gasteiger partial charge in [-0.25, -0.2) is 0 Å². The second kappa shape index (κ2) is 6.62. The Bertz CT molecular complexity index is 612. The fourth-order valence-electron chi connectivity index (χ4n) is 2.08. The lowest BCUT2D eigenvalue weighted by Gasteiger charge is -2.10. The molecular weight excluding hydrogens is 274 g/mol. The summed E-state index contributed by atoms with van der Waals surface area (Å²) in [4.78, 5) is 12.1. The molecule has 0 aliphatic heterocycles. The number of fused-ring (bicyclic) bond motifs is 1. The van der Waals surface area contributed by atoms with Crippen molar-refractivity contribution in [3.63, 3.8) is 0 Å². The number of halogens is 1. The first-order valence-corrected chi connectivity index (χ1v) is 7.20. The van der Waals surface area contributed by atoms with Gasteiger partial charge in [0.25, 0.3) is 5.91 Å². The summed E-state index contributed by atoms with van der Waals surface area (Å²) in [6.07, 6.45) is 1.59. The number of benzene rings is 2. The van der Waals surface area contributed by atoms with Crippen LogP contribution in [0.4, 0.5) is 0 Å². The zero-order valence-corrected chi connectivity index (χ0v) is 12.2. The Labute approximate surface area is 123 Å². The molecule has 1 amide bonds. The van der Waals surface area contributed by atoms with Crippen LogP contribution in [0, 0.1) is 0 Å². The van der Waals surface area contributed by atoms with Crippen LogP contribution in [0.2, 0.25) is 0 Å². The first kappa shape index (κ1) is 14.7. The molecule has 2 aromatic rings. The van der Waals surface area contributed by atoms with E-state index >= 15 is 0 Å². The molecule has 2 aromatic carbocycles. The van der Waals surface area contributed by atoms with Crippen molar-refractivity contribution in [2.75, 3.05) is 6.54 Å². The molecule has 0 heterocycles. The van der Waals surface area contributed by atoms with Gasteiger partial charge in [0.15, 0.2) is 0 Å². The Morgan fingerprint density at radius 2 is 2.05 bits per heavy atom. The second-order valence-electron chi connectivity index (χ2n) is 4.73. The maximum atomic E-state index is 12.1. The lowest BCUT2D eigenvalue weighted by Crippen LogP contribution is -2.26. The van der Waals surface area contributed by atoms with Gasteiger partial charge in [-0.1, -0.05) is 37.3 Å².